The van der Waals surface area contributed by atoms with Crippen LogP contribution in [0.5, 0.6) is 0 Å². The highest BCUT2D eigenvalue weighted by molar-refractivity contribution is 6.29. The highest BCUT2D eigenvalue weighted by atomic mass is 35.5. The van der Waals surface area contributed by atoms with Crippen molar-refractivity contribution in [3.8, 4) is 0 Å². The number of halogens is 1. The first-order valence-corrected chi connectivity index (χ1v) is 6.18. The summed E-state index contributed by atoms with van der Waals surface area (Å²) in [7, 11) is 0. The molecule has 1 aliphatic rings. The molecule has 2 rings (SSSR count). The fourth-order valence-corrected chi connectivity index (χ4v) is 1.59. The molecule has 0 spiro atoms. The predicted molar refractivity (Wildman–Crippen MR) is 67.3 cm³/mol. The molecule has 96 valence electrons. The van der Waals surface area contributed by atoms with Crippen molar-refractivity contribution in [1.29, 1.82) is 0 Å². The van der Waals surface area contributed by atoms with Crippen LogP contribution in [0.15, 0.2) is 18.2 Å². The minimum atomic E-state index is -0.584. The molecule has 1 atom stereocenters. The van der Waals surface area contributed by atoms with Gasteiger partial charge in [-0.05, 0) is 31.9 Å². The number of nitrogens with one attached hydrogen (secondary N) is 2. The van der Waals surface area contributed by atoms with Gasteiger partial charge in [-0.15, -0.1) is 0 Å². The number of hydrogen-bond acceptors (Lipinski definition) is 3. The number of rotatable bonds is 4. The van der Waals surface area contributed by atoms with Gasteiger partial charge in [-0.1, -0.05) is 17.7 Å². The maximum Gasteiger partial charge on any atom is 0.270 e. The number of nitrogens with zero attached hydrogens (tertiary/aromatic N) is 1. The van der Waals surface area contributed by atoms with E-state index in [2.05, 4.69) is 15.6 Å². The van der Waals surface area contributed by atoms with E-state index < -0.39 is 11.9 Å². The molecule has 1 aromatic rings. The van der Waals surface area contributed by atoms with Gasteiger partial charge in [-0.2, -0.15) is 0 Å². The van der Waals surface area contributed by atoms with Crippen molar-refractivity contribution in [3.05, 3.63) is 29.0 Å². The van der Waals surface area contributed by atoms with Gasteiger partial charge in [0.1, 0.15) is 16.9 Å². The minimum absolute atomic E-state index is 0.173. The maximum atomic E-state index is 11.8. The predicted octanol–water partition coefficient (Wildman–Crippen LogP) is 1.13. The van der Waals surface area contributed by atoms with Crippen molar-refractivity contribution in [3.63, 3.8) is 0 Å². The second-order valence-electron chi connectivity index (χ2n) is 4.32. The second kappa shape index (κ2) is 5.35. The number of pyridine rings is 1. The minimum Gasteiger partial charge on any atom is -0.352 e. The van der Waals surface area contributed by atoms with Crippen LogP contribution in [0.1, 0.15) is 30.3 Å². The Morgan fingerprint density at radius 1 is 1.44 bits per heavy atom. The zero-order chi connectivity index (χ0) is 13.1. The number of carbonyl (C=O) groups excluding carboxylic acids is 2. The average Bonchev–Trinajstić information content (AvgIpc) is 3.12. The van der Waals surface area contributed by atoms with Crippen molar-refractivity contribution >= 4 is 23.4 Å². The van der Waals surface area contributed by atoms with E-state index in [0.717, 1.165) is 12.8 Å². The lowest BCUT2D eigenvalue weighted by molar-refractivity contribution is -0.122. The molecule has 1 fully saturated rings. The van der Waals surface area contributed by atoms with E-state index in [1.807, 2.05) is 0 Å². The van der Waals surface area contributed by atoms with Crippen molar-refractivity contribution < 1.29 is 9.59 Å². The summed E-state index contributed by atoms with van der Waals surface area (Å²) in [6, 6.07) is 4.47. The quantitative estimate of drug-likeness (QED) is 0.804. The van der Waals surface area contributed by atoms with Crippen LogP contribution >= 0.6 is 11.6 Å². The van der Waals surface area contributed by atoms with Gasteiger partial charge >= 0.3 is 0 Å². The van der Waals surface area contributed by atoms with Gasteiger partial charge in [-0.25, -0.2) is 4.98 Å². The zero-order valence-corrected chi connectivity index (χ0v) is 10.7. The third kappa shape index (κ3) is 3.43. The van der Waals surface area contributed by atoms with Crippen molar-refractivity contribution in [2.75, 3.05) is 0 Å². The Kier molecular flexibility index (Phi) is 3.81. The summed E-state index contributed by atoms with van der Waals surface area (Å²) >= 11 is 5.69. The normalized spacial score (nSPS) is 15.9. The van der Waals surface area contributed by atoms with Gasteiger partial charge in [0.2, 0.25) is 5.91 Å². The number of aromatic nitrogens is 1. The summed E-state index contributed by atoms with van der Waals surface area (Å²) in [5.41, 5.74) is 0.202. The molecule has 0 aliphatic heterocycles. The van der Waals surface area contributed by atoms with Gasteiger partial charge < -0.3 is 10.6 Å². The molecular formula is C12H14ClN3O2. The molecule has 0 saturated heterocycles. The molecule has 2 amide bonds. The van der Waals surface area contributed by atoms with Crippen molar-refractivity contribution in [1.82, 2.24) is 15.6 Å². The molecule has 0 aromatic carbocycles. The maximum absolute atomic E-state index is 11.8. The van der Waals surface area contributed by atoms with Crippen molar-refractivity contribution in [2.24, 2.45) is 0 Å². The van der Waals surface area contributed by atoms with E-state index in [1.165, 1.54) is 0 Å². The van der Waals surface area contributed by atoms with Gasteiger partial charge in [0.25, 0.3) is 5.91 Å². The van der Waals surface area contributed by atoms with E-state index >= 15 is 0 Å². The molecule has 1 saturated carbocycles. The molecule has 18 heavy (non-hydrogen) atoms. The molecule has 0 radical (unpaired) electrons. The second-order valence-corrected chi connectivity index (χ2v) is 4.71. The Morgan fingerprint density at radius 2 is 2.17 bits per heavy atom. The lowest BCUT2D eigenvalue weighted by Gasteiger charge is -2.13. The summed E-state index contributed by atoms with van der Waals surface area (Å²) in [6.45, 7) is 1.64. The molecule has 6 heteroatoms. The summed E-state index contributed by atoms with van der Waals surface area (Å²) in [4.78, 5) is 27.3. The van der Waals surface area contributed by atoms with Gasteiger partial charge in [-0.3, -0.25) is 9.59 Å². The number of amides is 2. The summed E-state index contributed by atoms with van der Waals surface area (Å²) in [5.74, 6) is -0.580. The van der Waals surface area contributed by atoms with Crippen molar-refractivity contribution in [2.45, 2.75) is 31.8 Å². The van der Waals surface area contributed by atoms with Crippen LogP contribution in [0.2, 0.25) is 5.15 Å². The Balaban J connectivity index is 1.91. The van der Waals surface area contributed by atoms with Crippen LogP contribution in [0.25, 0.3) is 0 Å². The first-order chi connectivity index (χ1) is 8.56. The molecule has 1 aromatic heterocycles. The first kappa shape index (κ1) is 12.8. The van der Waals surface area contributed by atoms with Gasteiger partial charge in [0, 0.05) is 6.04 Å². The average molecular weight is 268 g/mol. The van der Waals surface area contributed by atoms with E-state index in [9.17, 15) is 9.59 Å². The Hall–Kier alpha value is -1.62. The third-order valence-electron chi connectivity index (χ3n) is 2.61. The first-order valence-electron chi connectivity index (χ1n) is 5.80. The molecule has 5 nitrogen and oxygen atoms in total. The Bertz CT molecular complexity index is 474. The highest BCUT2D eigenvalue weighted by Gasteiger charge is 2.26. The summed E-state index contributed by atoms with van der Waals surface area (Å²) in [6.07, 6.45) is 2.03. The van der Waals surface area contributed by atoms with Crippen LogP contribution in [0.3, 0.4) is 0 Å². The smallest absolute Gasteiger partial charge is 0.270 e. The fraction of sp³-hybridized carbons (Fsp3) is 0.417. The molecule has 1 heterocycles. The summed E-state index contributed by atoms with van der Waals surface area (Å²) in [5, 5.41) is 5.65. The van der Waals surface area contributed by atoms with Crippen LogP contribution in [0, 0.1) is 0 Å². The van der Waals surface area contributed by atoms with Crippen LogP contribution in [-0.2, 0) is 4.79 Å². The lowest BCUT2D eigenvalue weighted by atomic mass is 10.2. The van der Waals surface area contributed by atoms with Crippen LogP contribution in [0.4, 0.5) is 0 Å². The highest BCUT2D eigenvalue weighted by Crippen LogP contribution is 2.18. The largest absolute Gasteiger partial charge is 0.352 e. The molecule has 0 bridgehead atoms. The van der Waals surface area contributed by atoms with E-state index in [4.69, 9.17) is 11.6 Å². The van der Waals surface area contributed by atoms with E-state index in [-0.39, 0.29) is 22.8 Å². The standard InChI is InChI=1S/C12H14ClN3O2/c1-7(11(17)15-8-5-6-8)14-12(18)9-3-2-4-10(13)16-9/h2-4,7-8H,5-6H2,1H3,(H,14,18)(H,15,17). The SMILES string of the molecule is CC(NC(=O)c1cccc(Cl)n1)C(=O)NC1CC1. The van der Waals surface area contributed by atoms with E-state index in [1.54, 1.807) is 25.1 Å². The summed E-state index contributed by atoms with van der Waals surface area (Å²) < 4.78 is 0. The van der Waals surface area contributed by atoms with Crippen LogP contribution < -0.4 is 10.6 Å². The molecule has 1 unspecified atom stereocenters. The lowest BCUT2D eigenvalue weighted by Crippen LogP contribution is -2.45. The topological polar surface area (TPSA) is 71.1 Å². The van der Waals surface area contributed by atoms with Gasteiger partial charge in [0.05, 0.1) is 0 Å². The molecule has 2 N–H and O–H groups in total. The molecule has 1 aliphatic carbocycles. The molecular weight excluding hydrogens is 254 g/mol. The van der Waals surface area contributed by atoms with Gasteiger partial charge in [0.15, 0.2) is 0 Å². The Labute approximate surface area is 110 Å². The zero-order valence-electron chi connectivity index (χ0n) is 9.94. The van der Waals surface area contributed by atoms with E-state index in [0.29, 0.717) is 0 Å². The number of hydrogen-bond donors (Lipinski definition) is 2. The number of carbonyl (C=O) groups is 2. The monoisotopic (exact) mass is 267 g/mol. The Morgan fingerprint density at radius 3 is 2.78 bits per heavy atom. The fourth-order valence-electron chi connectivity index (χ4n) is 1.42. The van der Waals surface area contributed by atoms with Crippen LogP contribution in [-0.4, -0.2) is 28.9 Å². The third-order valence-corrected chi connectivity index (χ3v) is 2.82.